The van der Waals surface area contributed by atoms with Gasteiger partial charge in [-0.15, -0.1) is 0 Å². The van der Waals surface area contributed by atoms with E-state index in [1.165, 1.54) is 6.07 Å². The van der Waals surface area contributed by atoms with Gasteiger partial charge in [0.1, 0.15) is 5.82 Å². The summed E-state index contributed by atoms with van der Waals surface area (Å²) in [4.78, 5) is 12.1. The largest absolute Gasteiger partial charge is 0.319 e. The molecule has 0 aliphatic rings. The van der Waals surface area contributed by atoms with Crippen LogP contribution in [0.5, 0.6) is 0 Å². The highest BCUT2D eigenvalue weighted by Crippen LogP contribution is 2.22. The van der Waals surface area contributed by atoms with Crippen molar-refractivity contribution in [2.24, 2.45) is 0 Å². The highest BCUT2D eigenvalue weighted by atomic mass is 127. The quantitative estimate of drug-likeness (QED) is 0.680. The zero-order chi connectivity index (χ0) is 14.0. The number of aryl methyl sites for hydroxylation is 1. The van der Waals surface area contributed by atoms with Gasteiger partial charge in [0.2, 0.25) is 0 Å². The summed E-state index contributed by atoms with van der Waals surface area (Å²) in [5.74, 6) is -0.775. The van der Waals surface area contributed by atoms with Crippen LogP contribution in [0.4, 0.5) is 10.1 Å². The molecule has 2 aromatic carbocycles. The Balaban J connectivity index is 2.28. The second kappa shape index (κ2) is 6.00. The molecule has 2 rings (SSSR count). The predicted molar refractivity (Wildman–Crippen MR) is 85.9 cm³/mol. The molecule has 0 fully saturated rings. The maximum atomic E-state index is 13.7. The molecule has 0 unspecified atom stereocenters. The fourth-order valence-corrected chi connectivity index (χ4v) is 2.50. The van der Waals surface area contributed by atoms with Crippen LogP contribution in [0.15, 0.2) is 40.9 Å². The van der Waals surface area contributed by atoms with Crippen molar-refractivity contribution in [3.05, 3.63) is 61.4 Å². The molecule has 98 valence electrons. The predicted octanol–water partition coefficient (Wildman–Crippen LogP) is 4.75. The first-order valence-electron chi connectivity index (χ1n) is 5.50. The lowest BCUT2D eigenvalue weighted by Gasteiger charge is -2.08. The molecule has 2 nitrogen and oxygen atoms in total. The third-order valence-corrected chi connectivity index (χ3v) is 3.91. The zero-order valence-corrected chi connectivity index (χ0v) is 13.7. The van der Waals surface area contributed by atoms with Crippen LogP contribution in [0, 0.1) is 16.3 Å². The molecule has 0 saturated carbocycles. The van der Waals surface area contributed by atoms with E-state index in [1.807, 2.05) is 6.07 Å². The molecule has 0 aliphatic carbocycles. The molecule has 0 radical (unpaired) electrons. The minimum absolute atomic E-state index is 0.182. The molecule has 0 aromatic heterocycles. The maximum Gasteiger partial charge on any atom is 0.256 e. The highest BCUT2D eigenvalue weighted by Gasteiger charge is 2.12. The molecule has 2 aromatic rings. The summed E-state index contributed by atoms with van der Waals surface area (Å²) in [5.41, 5.74) is 1.47. The maximum absolute atomic E-state index is 13.7. The van der Waals surface area contributed by atoms with Crippen LogP contribution in [-0.2, 0) is 0 Å². The van der Waals surface area contributed by atoms with Crippen LogP contribution in [0.1, 0.15) is 15.9 Å². The number of halogens is 3. The standard InChI is InChI=1S/C14H10BrFINO/c1-8-2-5-13(12(16)6-8)18-14(19)10-7-9(17)3-4-11(10)15/h2-7H,1H3,(H,18,19). The van der Waals surface area contributed by atoms with Gasteiger partial charge in [0, 0.05) is 8.04 Å². The topological polar surface area (TPSA) is 29.1 Å². The molecule has 0 atom stereocenters. The van der Waals surface area contributed by atoms with E-state index in [2.05, 4.69) is 43.8 Å². The van der Waals surface area contributed by atoms with Gasteiger partial charge in [0.25, 0.3) is 5.91 Å². The summed E-state index contributed by atoms with van der Waals surface area (Å²) >= 11 is 5.44. The normalized spacial score (nSPS) is 10.3. The summed E-state index contributed by atoms with van der Waals surface area (Å²) in [7, 11) is 0. The molecular weight excluding hydrogens is 424 g/mol. The molecule has 0 heterocycles. The first-order valence-corrected chi connectivity index (χ1v) is 7.37. The summed E-state index contributed by atoms with van der Waals surface area (Å²) in [6.07, 6.45) is 0. The average Bonchev–Trinajstić information content (AvgIpc) is 2.35. The van der Waals surface area contributed by atoms with Crippen molar-refractivity contribution in [1.82, 2.24) is 0 Å². The van der Waals surface area contributed by atoms with Gasteiger partial charge in [-0.25, -0.2) is 4.39 Å². The summed E-state index contributed by atoms with van der Waals surface area (Å²) in [6.45, 7) is 1.80. The Bertz CT molecular complexity index is 645. The SMILES string of the molecule is Cc1ccc(NC(=O)c2cc(I)ccc2Br)c(F)c1. The van der Waals surface area contributed by atoms with E-state index in [1.54, 1.807) is 31.2 Å². The zero-order valence-electron chi connectivity index (χ0n) is 10.0. The van der Waals surface area contributed by atoms with Gasteiger partial charge < -0.3 is 5.32 Å². The number of nitrogens with one attached hydrogen (secondary N) is 1. The van der Waals surface area contributed by atoms with Gasteiger partial charge in [0.15, 0.2) is 0 Å². The van der Waals surface area contributed by atoms with Crippen molar-refractivity contribution in [2.45, 2.75) is 6.92 Å². The van der Waals surface area contributed by atoms with Crippen LogP contribution in [0.25, 0.3) is 0 Å². The second-order valence-electron chi connectivity index (χ2n) is 4.06. The average molecular weight is 434 g/mol. The highest BCUT2D eigenvalue weighted by molar-refractivity contribution is 14.1. The van der Waals surface area contributed by atoms with E-state index in [9.17, 15) is 9.18 Å². The van der Waals surface area contributed by atoms with E-state index >= 15 is 0 Å². The number of hydrogen-bond acceptors (Lipinski definition) is 1. The van der Waals surface area contributed by atoms with E-state index in [0.717, 1.165) is 9.13 Å². The summed E-state index contributed by atoms with van der Waals surface area (Å²) in [5, 5.41) is 2.57. The first-order chi connectivity index (χ1) is 8.97. The van der Waals surface area contributed by atoms with Crippen LogP contribution in [-0.4, -0.2) is 5.91 Å². The number of benzene rings is 2. The fourth-order valence-electron chi connectivity index (χ4n) is 1.58. The molecule has 0 bridgehead atoms. The Hall–Kier alpha value is -0.950. The van der Waals surface area contributed by atoms with Gasteiger partial charge in [-0.2, -0.15) is 0 Å². The minimum atomic E-state index is -0.435. The van der Waals surface area contributed by atoms with Crippen molar-refractivity contribution in [3.63, 3.8) is 0 Å². The minimum Gasteiger partial charge on any atom is -0.319 e. The number of carbonyl (C=O) groups is 1. The van der Waals surface area contributed by atoms with Crippen LogP contribution in [0.3, 0.4) is 0 Å². The molecule has 1 N–H and O–H groups in total. The van der Waals surface area contributed by atoms with Crippen molar-refractivity contribution < 1.29 is 9.18 Å². The Labute approximate surface area is 132 Å². The van der Waals surface area contributed by atoms with Gasteiger partial charge in [-0.05, 0) is 81.3 Å². The van der Waals surface area contributed by atoms with Crippen LogP contribution >= 0.6 is 38.5 Å². The Morgan fingerprint density at radius 1 is 1.26 bits per heavy atom. The van der Waals surface area contributed by atoms with E-state index in [4.69, 9.17) is 0 Å². The van der Waals surface area contributed by atoms with Gasteiger partial charge in [0.05, 0.1) is 11.3 Å². The first kappa shape index (κ1) is 14.5. The van der Waals surface area contributed by atoms with E-state index in [-0.39, 0.29) is 11.6 Å². The molecule has 19 heavy (non-hydrogen) atoms. The second-order valence-corrected chi connectivity index (χ2v) is 6.16. The van der Waals surface area contributed by atoms with E-state index < -0.39 is 5.82 Å². The lowest BCUT2D eigenvalue weighted by atomic mass is 10.2. The molecule has 0 saturated heterocycles. The van der Waals surface area contributed by atoms with Crippen molar-refractivity contribution >= 4 is 50.1 Å². The smallest absolute Gasteiger partial charge is 0.256 e. The van der Waals surface area contributed by atoms with E-state index in [0.29, 0.717) is 10.0 Å². The monoisotopic (exact) mass is 433 g/mol. The fraction of sp³-hybridized carbons (Fsp3) is 0.0714. The Morgan fingerprint density at radius 2 is 2.00 bits per heavy atom. The summed E-state index contributed by atoms with van der Waals surface area (Å²) in [6, 6.07) is 10.1. The number of carbonyl (C=O) groups excluding carboxylic acids is 1. The van der Waals surface area contributed by atoms with Crippen LogP contribution < -0.4 is 5.32 Å². The van der Waals surface area contributed by atoms with Gasteiger partial charge >= 0.3 is 0 Å². The third kappa shape index (κ3) is 3.54. The summed E-state index contributed by atoms with van der Waals surface area (Å²) < 4.78 is 15.3. The van der Waals surface area contributed by atoms with Gasteiger partial charge in [-0.1, -0.05) is 6.07 Å². The van der Waals surface area contributed by atoms with Crippen molar-refractivity contribution in [1.29, 1.82) is 0 Å². The number of hydrogen-bond donors (Lipinski definition) is 1. The third-order valence-electron chi connectivity index (χ3n) is 2.55. The van der Waals surface area contributed by atoms with Crippen molar-refractivity contribution in [2.75, 3.05) is 5.32 Å². The lowest BCUT2D eigenvalue weighted by Crippen LogP contribution is -2.14. The molecule has 1 amide bonds. The lowest BCUT2D eigenvalue weighted by molar-refractivity contribution is 0.102. The Morgan fingerprint density at radius 3 is 2.68 bits per heavy atom. The molecule has 0 aliphatic heterocycles. The molecular formula is C14H10BrFINO. The van der Waals surface area contributed by atoms with Crippen LogP contribution in [0.2, 0.25) is 0 Å². The molecule has 5 heteroatoms. The number of amides is 1. The number of anilines is 1. The Kier molecular flexibility index (Phi) is 4.57. The van der Waals surface area contributed by atoms with Crippen molar-refractivity contribution in [3.8, 4) is 0 Å². The number of rotatable bonds is 2. The van der Waals surface area contributed by atoms with Gasteiger partial charge in [-0.3, -0.25) is 4.79 Å². The molecule has 0 spiro atoms.